The van der Waals surface area contributed by atoms with Crippen LogP contribution in [-0.4, -0.2) is 24.5 Å². The van der Waals surface area contributed by atoms with E-state index in [4.69, 9.17) is 5.73 Å². The van der Waals surface area contributed by atoms with Crippen LogP contribution in [0.3, 0.4) is 0 Å². The molecule has 3 rings (SSSR count). The summed E-state index contributed by atoms with van der Waals surface area (Å²) >= 11 is 0. The molecule has 1 atom stereocenters. The first-order valence-electron chi connectivity index (χ1n) is 7.81. The largest absolute Gasteiger partial charge is 0.329 e. The standard InChI is InChI=1S/C17H26N2/c1-19(16-4-2-3-5-16)17(12-18)15-10-8-14(9-11-15)13-6-7-13/h8-11,13,16-17H,2-7,12,18H2,1H3. The van der Waals surface area contributed by atoms with Crippen LogP contribution in [0.5, 0.6) is 0 Å². The topological polar surface area (TPSA) is 29.3 Å². The third kappa shape index (κ3) is 2.85. The number of benzene rings is 1. The predicted octanol–water partition coefficient (Wildman–Crippen LogP) is 3.44. The SMILES string of the molecule is CN(C1CCCC1)C(CN)c1ccc(C2CC2)cc1. The first-order valence-corrected chi connectivity index (χ1v) is 7.81. The minimum absolute atomic E-state index is 0.386. The molecule has 2 nitrogen and oxygen atoms in total. The van der Waals surface area contributed by atoms with E-state index in [9.17, 15) is 0 Å². The summed E-state index contributed by atoms with van der Waals surface area (Å²) in [7, 11) is 2.25. The molecule has 19 heavy (non-hydrogen) atoms. The quantitative estimate of drug-likeness (QED) is 0.876. The second kappa shape index (κ2) is 5.64. The Morgan fingerprint density at radius 3 is 2.26 bits per heavy atom. The molecule has 0 aromatic heterocycles. The fourth-order valence-electron chi connectivity index (χ4n) is 3.51. The Morgan fingerprint density at radius 1 is 1.11 bits per heavy atom. The lowest BCUT2D eigenvalue weighted by molar-refractivity contribution is 0.179. The predicted molar refractivity (Wildman–Crippen MR) is 80.2 cm³/mol. The van der Waals surface area contributed by atoms with Gasteiger partial charge in [-0.3, -0.25) is 4.90 Å². The van der Waals surface area contributed by atoms with Gasteiger partial charge in [0.2, 0.25) is 0 Å². The molecular weight excluding hydrogens is 232 g/mol. The van der Waals surface area contributed by atoms with Gasteiger partial charge < -0.3 is 5.73 Å². The highest BCUT2D eigenvalue weighted by Crippen LogP contribution is 2.40. The lowest BCUT2D eigenvalue weighted by Gasteiger charge is -2.32. The molecule has 2 N–H and O–H groups in total. The van der Waals surface area contributed by atoms with E-state index in [1.807, 2.05) is 0 Å². The molecule has 2 aliphatic rings. The fourth-order valence-corrected chi connectivity index (χ4v) is 3.51. The van der Waals surface area contributed by atoms with E-state index in [1.54, 1.807) is 0 Å². The monoisotopic (exact) mass is 258 g/mol. The van der Waals surface area contributed by atoms with E-state index in [-0.39, 0.29) is 0 Å². The van der Waals surface area contributed by atoms with Crippen LogP contribution >= 0.6 is 0 Å². The average molecular weight is 258 g/mol. The summed E-state index contributed by atoms with van der Waals surface area (Å²) in [6, 6.07) is 10.4. The van der Waals surface area contributed by atoms with Gasteiger partial charge in [0.25, 0.3) is 0 Å². The summed E-state index contributed by atoms with van der Waals surface area (Å²) in [6.45, 7) is 0.718. The van der Waals surface area contributed by atoms with Crippen LogP contribution in [0.2, 0.25) is 0 Å². The van der Waals surface area contributed by atoms with Gasteiger partial charge in [-0.2, -0.15) is 0 Å². The van der Waals surface area contributed by atoms with Crippen molar-refractivity contribution in [2.45, 2.75) is 56.5 Å². The van der Waals surface area contributed by atoms with Crippen molar-refractivity contribution >= 4 is 0 Å². The third-order valence-corrected chi connectivity index (χ3v) is 4.99. The Hall–Kier alpha value is -0.860. The van der Waals surface area contributed by atoms with Crippen LogP contribution in [0.4, 0.5) is 0 Å². The maximum absolute atomic E-state index is 6.04. The van der Waals surface area contributed by atoms with Crippen LogP contribution in [0, 0.1) is 0 Å². The Labute approximate surface area is 117 Å². The molecule has 2 saturated carbocycles. The minimum atomic E-state index is 0.386. The van der Waals surface area contributed by atoms with Gasteiger partial charge in [-0.05, 0) is 49.8 Å². The summed E-state index contributed by atoms with van der Waals surface area (Å²) < 4.78 is 0. The number of nitrogens with two attached hydrogens (primary N) is 1. The summed E-state index contributed by atoms with van der Waals surface area (Å²) in [5, 5.41) is 0. The highest BCUT2D eigenvalue weighted by Gasteiger charge is 2.27. The van der Waals surface area contributed by atoms with Crippen molar-refractivity contribution < 1.29 is 0 Å². The number of hydrogen-bond acceptors (Lipinski definition) is 2. The van der Waals surface area contributed by atoms with Gasteiger partial charge in [-0.1, -0.05) is 37.1 Å². The zero-order valence-corrected chi connectivity index (χ0v) is 12.0. The maximum Gasteiger partial charge on any atom is 0.0470 e. The Kier molecular flexibility index (Phi) is 3.90. The zero-order chi connectivity index (χ0) is 13.2. The molecule has 2 aliphatic carbocycles. The van der Waals surface area contributed by atoms with E-state index in [1.165, 1.54) is 49.7 Å². The van der Waals surface area contributed by atoms with E-state index in [2.05, 4.69) is 36.2 Å². The first-order chi connectivity index (χ1) is 9.29. The lowest BCUT2D eigenvalue weighted by Crippen LogP contribution is -2.37. The molecule has 0 radical (unpaired) electrons. The Morgan fingerprint density at radius 2 is 1.74 bits per heavy atom. The van der Waals surface area contributed by atoms with Crippen molar-refractivity contribution in [2.24, 2.45) is 5.73 Å². The zero-order valence-electron chi connectivity index (χ0n) is 12.0. The van der Waals surface area contributed by atoms with Gasteiger partial charge in [0, 0.05) is 18.6 Å². The summed E-state index contributed by atoms with van der Waals surface area (Å²) in [6.07, 6.45) is 8.20. The molecule has 2 heteroatoms. The third-order valence-electron chi connectivity index (χ3n) is 4.99. The molecule has 0 aliphatic heterocycles. The van der Waals surface area contributed by atoms with Gasteiger partial charge in [0.05, 0.1) is 0 Å². The molecular formula is C17H26N2. The van der Waals surface area contributed by atoms with Crippen LogP contribution in [0.15, 0.2) is 24.3 Å². The molecule has 0 amide bonds. The lowest BCUT2D eigenvalue weighted by atomic mass is 10.0. The van der Waals surface area contributed by atoms with Crippen LogP contribution < -0.4 is 5.73 Å². The normalized spacial score (nSPS) is 22.1. The smallest absolute Gasteiger partial charge is 0.0470 e. The first kappa shape index (κ1) is 13.1. The molecule has 1 aromatic rings. The molecule has 2 fully saturated rings. The molecule has 1 unspecified atom stereocenters. The van der Waals surface area contributed by atoms with Gasteiger partial charge >= 0.3 is 0 Å². The van der Waals surface area contributed by atoms with E-state index >= 15 is 0 Å². The van der Waals surface area contributed by atoms with Gasteiger partial charge in [-0.25, -0.2) is 0 Å². The second-order valence-electron chi connectivity index (χ2n) is 6.30. The minimum Gasteiger partial charge on any atom is -0.329 e. The van der Waals surface area contributed by atoms with Crippen molar-refractivity contribution in [1.82, 2.24) is 4.90 Å². The summed E-state index contributed by atoms with van der Waals surface area (Å²) in [5.41, 5.74) is 8.95. The summed E-state index contributed by atoms with van der Waals surface area (Å²) in [5.74, 6) is 0.845. The highest BCUT2D eigenvalue weighted by atomic mass is 15.2. The van der Waals surface area contributed by atoms with Crippen LogP contribution in [0.25, 0.3) is 0 Å². The molecule has 0 bridgehead atoms. The molecule has 104 valence electrons. The summed E-state index contributed by atoms with van der Waals surface area (Å²) in [4.78, 5) is 2.51. The number of likely N-dealkylation sites (N-methyl/N-ethyl adjacent to an activating group) is 1. The van der Waals surface area contributed by atoms with Gasteiger partial charge in [0.15, 0.2) is 0 Å². The molecule has 0 saturated heterocycles. The van der Waals surface area contributed by atoms with Gasteiger partial charge in [0.1, 0.15) is 0 Å². The van der Waals surface area contributed by atoms with E-state index in [0.717, 1.165) is 18.5 Å². The number of nitrogens with zero attached hydrogens (tertiary/aromatic N) is 1. The van der Waals surface area contributed by atoms with Crippen molar-refractivity contribution in [3.8, 4) is 0 Å². The maximum atomic E-state index is 6.04. The Bertz CT molecular complexity index is 402. The number of rotatable bonds is 5. The van der Waals surface area contributed by atoms with E-state index in [0.29, 0.717) is 6.04 Å². The van der Waals surface area contributed by atoms with Crippen molar-refractivity contribution in [2.75, 3.05) is 13.6 Å². The molecule has 0 spiro atoms. The van der Waals surface area contributed by atoms with Crippen LogP contribution in [-0.2, 0) is 0 Å². The van der Waals surface area contributed by atoms with Crippen molar-refractivity contribution in [1.29, 1.82) is 0 Å². The van der Waals surface area contributed by atoms with Crippen molar-refractivity contribution in [3.63, 3.8) is 0 Å². The van der Waals surface area contributed by atoms with Crippen molar-refractivity contribution in [3.05, 3.63) is 35.4 Å². The van der Waals surface area contributed by atoms with Gasteiger partial charge in [-0.15, -0.1) is 0 Å². The second-order valence-corrected chi connectivity index (χ2v) is 6.30. The number of hydrogen-bond donors (Lipinski definition) is 1. The molecule has 1 aromatic carbocycles. The van der Waals surface area contributed by atoms with Crippen LogP contribution in [0.1, 0.15) is 61.6 Å². The average Bonchev–Trinajstić information content (AvgIpc) is 3.15. The Balaban J connectivity index is 1.72. The molecule has 0 heterocycles. The van der Waals surface area contributed by atoms with E-state index < -0.39 is 0 Å². The highest BCUT2D eigenvalue weighted by molar-refractivity contribution is 5.30. The fraction of sp³-hybridized carbons (Fsp3) is 0.647.